The van der Waals surface area contributed by atoms with Crippen LogP contribution in [-0.4, -0.2) is 20.3 Å². The van der Waals surface area contributed by atoms with Gasteiger partial charge in [0.2, 0.25) is 0 Å². The van der Waals surface area contributed by atoms with E-state index in [1.54, 1.807) is 14.2 Å². The van der Waals surface area contributed by atoms with Crippen LogP contribution in [0.2, 0.25) is 0 Å². The lowest BCUT2D eigenvalue weighted by molar-refractivity contribution is 0.230. The van der Waals surface area contributed by atoms with Crippen LogP contribution in [0.1, 0.15) is 16.0 Å². The van der Waals surface area contributed by atoms with Gasteiger partial charge in [-0.25, -0.2) is 0 Å². The average Bonchev–Trinajstić information content (AvgIpc) is 2.97. The molecule has 1 aliphatic rings. The number of alkyl halides is 1. The number of fused-ring (bicyclic) bond motifs is 1. The fraction of sp³-hybridized carbons (Fsp3) is 0.294. The number of rotatable bonds is 4. The predicted octanol–water partition coefficient (Wildman–Crippen LogP) is 4.14. The molecule has 0 aliphatic carbocycles. The van der Waals surface area contributed by atoms with Crippen molar-refractivity contribution < 1.29 is 14.2 Å². The van der Waals surface area contributed by atoms with Gasteiger partial charge < -0.3 is 14.2 Å². The van der Waals surface area contributed by atoms with Gasteiger partial charge in [0.05, 0.1) is 19.0 Å². The molecular weight excluding hydrogens is 332 g/mol. The number of benzene rings is 2. The van der Waals surface area contributed by atoms with Crippen molar-refractivity contribution in [1.82, 2.24) is 0 Å². The number of para-hydroxylation sites is 1. The molecule has 0 aromatic heterocycles. The van der Waals surface area contributed by atoms with Crippen LogP contribution in [0.5, 0.6) is 17.2 Å². The Labute approximate surface area is 133 Å². The molecule has 0 saturated carbocycles. The molecule has 2 atom stereocenters. The minimum atomic E-state index is 0.0599. The summed E-state index contributed by atoms with van der Waals surface area (Å²) in [6, 6.07) is 14.0. The van der Waals surface area contributed by atoms with Crippen molar-refractivity contribution >= 4 is 15.9 Å². The summed E-state index contributed by atoms with van der Waals surface area (Å²) in [5.74, 6) is 2.56. The topological polar surface area (TPSA) is 27.7 Å². The zero-order chi connectivity index (χ0) is 14.8. The first kappa shape index (κ1) is 14.3. The maximum Gasteiger partial charge on any atom is 0.127 e. The number of hydrogen-bond donors (Lipinski definition) is 0. The average molecular weight is 349 g/mol. The number of methoxy groups -OCH3 is 2. The zero-order valence-electron chi connectivity index (χ0n) is 12.0. The first-order valence-electron chi connectivity index (χ1n) is 6.83. The third-order valence-corrected chi connectivity index (χ3v) is 4.82. The van der Waals surface area contributed by atoms with E-state index in [0.29, 0.717) is 0 Å². The normalized spacial score (nSPS) is 17.8. The van der Waals surface area contributed by atoms with Crippen molar-refractivity contribution in [3.63, 3.8) is 0 Å². The largest absolute Gasteiger partial charge is 0.497 e. The monoisotopic (exact) mass is 348 g/mol. The van der Waals surface area contributed by atoms with E-state index in [-0.39, 0.29) is 10.9 Å². The highest BCUT2D eigenvalue weighted by atomic mass is 79.9. The van der Waals surface area contributed by atoms with Crippen LogP contribution < -0.4 is 14.2 Å². The molecule has 3 rings (SSSR count). The molecule has 0 fully saturated rings. The van der Waals surface area contributed by atoms with Crippen LogP contribution in [0.15, 0.2) is 42.5 Å². The van der Waals surface area contributed by atoms with Crippen LogP contribution >= 0.6 is 15.9 Å². The van der Waals surface area contributed by atoms with Crippen LogP contribution in [-0.2, 0) is 6.42 Å². The van der Waals surface area contributed by atoms with Gasteiger partial charge >= 0.3 is 0 Å². The second kappa shape index (κ2) is 5.98. The Morgan fingerprint density at radius 2 is 1.95 bits per heavy atom. The summed E-state index contributed by atoms with van der Waals surface area (Å²) in [4.78, 5) is 0.0609. The van der Waals surface area contributed by atoms with Gasteiger partial charge in [-0.05, 0) is 17.7 Å². The minimum Gasteiger partial charge on any atom is -0.497 e. The zero-order valence-corrected chi connectivity index (χ0v) is 13.6. The summed E-state index contributed by atoms with van der Waals surface area (Å²) in [6.07, 6.45) is 0.950. The highest BCUT2D eigenvalue weighted by molar-refractivity contribution is 9.09. The fourth-order valence-corrected chi connectivity index (χ4v) is 3.29. The van der Waals surface area contributed by atoms with Gasteiger partial charge in [0, 0.05) is 18.1 Å². The van der Waals surface area contributed by atoms with Crippen molar-refractivity contribution in [2.75, 3.05) is 14.2 Å². The molecule has 0 spiro atoms. The SMILES string of the molecule is COc1ccc(C(Br)C2Cc3ccccc3O2)c(OC)c1. The summed E-state index contributed by atoms with van der Waals surface area (Å²) in [5, 5.41) is 0. The molecule has 110 valence electrons. The second-order valence-electron chi connectivity index (χ2n) is 4.98. The van der Waals surface area contributed by atoms with Crippen LogP contribution in [0.4, 0.5) is 0 Å². The highest BCUT2D eigenvalue weighted by Gasteiger charge is 2.31. The molecule has 0 amide bonds. The van der Waals surface area contributed by atoms with E-state index in [9.17, 15) is 0 Å². The van der Waals surface area contributed by atoms with Gasteiger partial charge in [-0.1, -0.05) is 40.2 Å². The quantitative estimate of drug-likeness (QED) is 0.777. The summed E-state index contributed by atoms with van der Waals surface area (Å²) in [5.41, 5.74) is 2.32. The molecule has 0 N–H and O–H groups in total. The molecule has 4 heteroatoms. The van der Waals surface area contributed by atoms with E-state index in [0.717, 1.165) is 29.2 Å². The molecule has 0 saturated heterocycles. The van der Waals surface area contributed by atoms with E-state index < -0.39 is 0 Å². The molecule has 21 heavy (non-hydrogen) atoms. The molecular formula is C17H17BrO3. The predicted molar refractivity (Wildman–Crippen MR) is 85.8 cm³/mol. The standard InChI is InChI=1S/C17H17BrO3/c1-19-12-7-8-13(15(10-12)20-2)17(18)16-9-11-5-3-4-6-14(11)21-16/h3-8,10,16-17H,9H2,1-2H3. The molecule has 2 unspecified atom stereocenters. The van der Waals surface area contributed by atoms with Gasteiger partial charge in [-0.3, -0.25) is 0 Å². The van der Waals surface area contributed by atoms with Crippen molar-refractivity contribution in [2.24, 2.45) is 0 Å². The molecule has 1 aliphatic heterocycles. The third kappa shape index (κ3) is 2.72. The second-order valence-corrected chi connectivity index (χ2v) is 5.96. The van der Waals surface area contributed by atoms with Crippen molar-refractivity contribution in [3.05, 3.63) is 53.6 Å². The lowest BCUT2D eigenvalue weighted by Gasteiger charge is -2.20. The van der Waals surface area contributed by atoms with Gasteiger partial charge in [0.15, 0.2) is 0 Å². The van der Waals surface area contributed by atoms with Gasteiger partial charge in [0.1, 0.15) is 23.4 Å². The van der Waals surface area contributed by atoms with Crippen LogP contribution in [0.3, 0.4) is 0 Å². The van der Waals surface area contributed by atoms with Gasteiger partial charge in [0.25, 0.3) is 0 Å². The summed E-state index contributed by atoms with van der Waals surface area (Å²) >= 11 is 3.76. The van der Waals surface area contributed by atoms with E-state index in [4.69, 9.17) is 14.2 Å². The number of ether oxygens (including phenoxy) is 3. The van der Waals surface area contributed by atoms with E-state index >= 15 is 0 Å². The van der Waals surface area contributed by atoms with Crippen LogP contribution in [0.25, 0.3) is 0 Å². The van der Waals surface area contributed by atoms with Gasteiger partial charge in [-0.2, -0.15) is 0 Å². The van der Waals surface area contributed by atoms with E-state index in [2.05, 4.69) is 22.0 Å². The van der Waals surface area contributed by atoms with E-state index in [1.807, 2.05) is 36.4 Å². The summed E-state index contributed by atoms with van der Waals surface area (Å²) in [7, 11) is 3.32. The Kier molecular flexibility index (Phi) is 4.06. The Morgan fingerprint density at radius 1 is 1.14 bits per heavy atom. The Balaban J connectivity index is 1.85. The first-order chi connectivity index (χ1) is 10.2. The maximum atomic E-state index is 6.05. The molecule has 0 radical (unpaired) electrons. The smallest absolute Gasteiger partial charge is 0.127 e. The summed E-state index contributed by atoms with van der Waals surface area (Å²) in [6.45, 7) is 0. The molecule has 2 aromatic carbocycles. The summed E-state index contributed by atoms with van der Waals surface area (Å²) < 4.78 is 16.8. The van der Waals surface area contributed by atoms with Crippen molar-refractivity contribution in [3.8, 4) is 17.2 Å². The Morgan fingerprint density at radius 3 is 2.67 bits per heavy atom. The fourth-order valence-electron chi connectivity index (χ4n) is 2.62. The lowest BCUT2D eigenvalue weighted by atomic mass is 10.0. The molecule has 2 aromatic rings. The molecule has 0 bridgehead atoms. The lowest BCUT2D eigenvalue weighted by Crippen LogP contribution is -2.19. The first-order valence-corrected chi connectivity index (χ1v) is 7.75. The molecule has 3 nitrogen and oxygen atoms in total. The Hall–Kier alpha value is -1.68. The molecule has 1 heterocycles. The maximum absolute atomic E-state index is 6.05. The van der Waals surface area contributed by atoms with Crippen molar-refractivity contribution in [1.29, 1.82) is 0 Å². The number of halogens is 1. The van der Waals surface area contributed by atoms with E-state index in [1.165, 1.54) is 5.56 Å². The van der Waals surface area contributed by atoms with Gasteiger partial charge in [-0.15, -0.1) is 0 Å². The van der Waals surface area contributed by atoms with Crippen molar-refractivity contribution in [2.45, 2.75) is 17.4 Å². The number of hydrogen-bond acceptors (Lipinski definition) is 3. The Bertz CT molecular complexity index is 617. The minimum absolute atomic E-state index is 0.0599. The van der Waals surface area contributed by atoms with Crippen LogP contribution in [0, 0.1) is 0 Å². The highest BCUT2D eigenvalue weighted by Crippen LogP contribution is 2.42. The third-order valence-electron chi connectivity index (χ3n) is 3.74.